The number of benzene rings is 4. The first-order valence-electron chi connectivity index (χ1n) is 26.2. The molecule has 0 fully saturated rings. The third-order valence-corrected chi connectivity index (χ3v) is 12.8. The van der Waals surface area contributed by atoms with E-state index in [1.165, 1.54) is 74.8 Å². The van der Waals surface area contributed by atoms with Crippen molar-refractivity contribution >= 4 is 86.7 Å². The highest BCUT2D eigenvalue weighted by molar-refractivity contribution is 9.09. The van der Waals surface area contributed by atoms with Crippen molar-refractivity contribution in [2.45, 2.75) is 119 Å². The molecule has 0 saturated heterocycles. The van der Waals surface area contributed by atoms with Gasteiger partial charge in [-0.25, -0.2) is 0 Å². The quantitative estimate of drug-likeness (QED) is 0.0218. The number of hydrogen-bond acceptors (Lipinski definition) is 10. The summed E-state index contributed by atoms with van der Waals surface area (Å²) in [6.07, 6.45) is 13.1. The van der Waals surface area contributed by atoms with E-state index in [1.807, 2.05) is 25.1 Å². The second-order valence-corrected chi connectivity index (χ2v) is 19.9. The number of rotatable bonds is 33. The minimum Gasteiger partial charge on any atom is -0.465 e. The molecule has 404 valence electrons. The zero-order valence-electron chi connectivity index (χ0n) is 44.5. The second kappa shape index (κ2) is 41.8. The van der Waals surface area contributed by atoms with Gasteiger partial charge in [0.05, 0.1) is 42.9 Å². The van der Waals surface area contributed by atoms with Gasteiger partial charge in [-0.3, -0.25) is 24.5 Å². The zero-order valence-corrected chi connectivity index (χ0v) is 49.1. The van der Waals surface area contributed by atoms with Crippen LogP contribution in [0.25, 0.3) is 0 Å². The summed E-state index contributed by atoms with van der Waals surface area (Å²) in [5, 5.41) is 6.31. The summed E-state index contributed by atoms with van der Waals surface area (Å²) in [7, 11) is 0. The first-order chi connectivity index (χ1) is 35.4. The molecule has 0 heterocycles. The average molecular weight is 1150 g/mol. The molecule has 0 atom stereocenters. The van der Waals surface area contributed by atoms with Gasteiger partial charge in [-0.05, 0) is 164 Å². The fourth-order valence-electron chi connectivity index (χ4n) is 7.71. The number of aliphatic imine (C=N–C) groups is 2. The number of unbranched alkanes of at least 4 members (excludes halogenated alkanes) is 2. The molecule has 0 unspecified atom stereocenters. The Morgan fingerprint density at radius 3 is 1.36 bits per heavy atom. The SMILES string of the molecule is CCCN(CCC)CCCCN(CC(=O)OCC)Cc1ccc(CN=Cc2ccc(Cl)cc2Cl)cc1.CCCN(CCC)CCCCNCc1ccc(CN=Cc2ccc(Cl)cc2Cl)cc1.CCOC(=O)CBr. The van der Waals surface area contributed by atoms with Gasteiger partial charge in [-0.2, -0.15) is 0 Å². The highest BCUT2D eigenvalue weighted by Gasteiger charge is 2.13. The molecule has 0 aliphatic rings. The van der Waals surface area contributed by atoms with Gasteiger partial charge in [0.1, 0.15) is 5.33 Å². The summed E-state index contributed by atoms with van der Waals surface area (Å²) in [5.74, 6) is -0.370. The molecule has 0 amide bonds. The fourth-order valence-corrected chi connectivity index (χ4v) is 8.79. The van der Waals surface area contributed by atoms with Crippen LogP contribution in [0.1, 0.15) is 126 Å². The summed E-state index contributed by atoms with van der Waals surface area (Å²) < 4.78 is 9.72. The van der Waals surface area contributed by atoms with Gasteiger partial charge in [-0.15, -0.1) is 0 Å². The maximum Gasteiger partial charge on any atom is 0.320 e. The minimum atomic E-state index is -0.206. The molecule has 0 aliphatic carbocycles. The van der Waals surface area contributed by atoms with Crippen LogP contribution in [-0.2, 0) is 45.2 Å². The summed E-state index contributed by atoms with van der Waals surface area (Å²) in [6.45, 7) is 25.7. The van der Waals surface area contributed by atoms with Gasteiger partial charge in [0.2, 0.25) is 0 Å². The third-order valence-electron chi connectivity index (χ3n) is 11.2. The van der Waals surface area contributed by atoms with Crippen molar-refractivity contribution in [3.8, 4) is 0 Å². The lowest BCUT2D eigenvalue weighted by Gasteiger charge is -2.24. The molecule has 4 aromatic rings. The van der Waals surface area contributed by atoms with E-state index in [2.05, 4.69) is 127 Å². The van der Waals surface area contributed by atoms with Gasteiger partial charge in [0, 0.05) is 46.7 Å². The zero-order chi connectivity index (χ0) is 53.5. The molecule has 0 bridgehead atoms. The van der Waals surface area contributed by atoms with Crippen molar-refractivity contribution in [1.29, 1.82) is 0 Å². The Hall–Kier alpha value is -3.36. The normalized spacial score (nSPS) is 11.3. The van der Waals surface area contributed by atoms with Crippen LogP contribution in [0, 0.1) is 0 Å². The molecule has 0 saturated carbocycles. The molecule has 0 radical (unpaired) electrons. The van der Waals surface area contributed by atoms with Crippen molar-refractivity contribution < 1.29 is 19.1 Å². The standard InChI is InChI=1S/C29H41Cl2N3O2.C25H35Cl2N3.C4H7BrO2/c1-4-15-33(16-5-2)17-7-8-18-34(23-29(35)36-6-3)22-25-11-9-24(10-12-25)20-32-21-26-13-14-27(30)19-28(26)31;1-3-14-30(15-4-2)16-6-5-13-28-18-21-7-9-22(10-8-21)19-29-20-23-11-12-24(26)17-25(23)27;1-2-7-4(6)3-5/h9-14,19,21H,4-8,15-18,20,22-23H2,1-3H3;7-12,17,20,28H,3-6,13-16,18-19H2,1-2H3;2-3H2,1H3. The molecule has 1 N–H and O–H groups in total. The largest absolute Gasteiger partial charge is 0.465 e. The van der Waals surface area contributed by atoms with E-state index in [0.717, 1.165) is 75.3 Å². The Morgan fingerprint density at radius 2 is 0.945 bits per heavy atom. The maximum atomic E-state index is 12.2. The van der Waals surface area contributed by atoms with Crippen molar-refractivity contribution in [3.05, 3.63) is 138 Å². The minimum absolute atomic E-state index is 0.164. The summed E-state index contributed by atoms with van der Waals surface area (Å²) in [4.78, 5) is 38.7. The van der Waals surface area contributed by atoms with E-state index in [9.17, 15) is 9.59 Å². The molecule has 4 aromatic carbocycles. The Kier molecular flexibility index (Phi) is 37.7. The van der Waals surface area contributed by atoms with E-state index in [0.29, 0.717) is 58.3 Å². The fraction of sp³-hybridized carbons (Fsp3) is 0.517. The third kappa shape index (κ3) is 31.3. The van der Waals surface area contributed by atoms with Crippen LogP contribution < -0.4 is 5.32 Å². The number of esters is 2. The second-order valence-electron chi connectivity index (χ2n) is 17.6. The van der Waals surface area contributed by atoms with E-state index < -0.39 is 0 Å². The van der Waals surface area contributed by atoms with Crippen molar-refractivity contribution in [3.63, 3.8) is 0 Å². The summed E-state index contributed by atoms with van der Waals surface area (Å²) in [5.41, 5.74) is 6.51. The predicted molar refractivity (Wildman–Crippen MR) is 315 cm³/mol. The topological polar surface area (TPSA) is 99.1 Å². The summed E-state index contributed by atoms with van der Waals surface area (Å²) in [6, 6.07) is 27.9. The van der Waals surface area contributed by atoms with E-state index in [4.69, 9.17) is 51.1 Å². The monoisotopic (exact) mass is 1150 g/mol. The summed E-state index contributed by atoms with van der Waals surface area (Å²) >= 11 is 27.2. The lowest BCUT2D eigenvalue weighted by molar-refractivity contribution is -0.144. The van der Waals surface area contributed by atoms with E-state index in [-0.39, 0.29) is 11.9 Å². The van der Waals surface area contributed by atoms with Crippen LogP contribution in [0.4, 0.5) is 0 Å². The van der Waals surface area contributed by atoms with Gasteiger partial charge >= 0.3 is 11.9 Å². The van der Waals surface area contributed by atoms with Gasteiger partial charge in [0.25, 0.3) is 0 Å². The molecule has 4 rings (SSSR count). The molecule has 0 aliphatic heterocycles. The highest BCUT2D eigenvalue weighted by Crippen LogP contribution is 2.21. The molecule has 73 heavy (non-hydrogen) atoms. The molecular formula is C58H83BrCl4N6O4. The van der Waals surface area contributed by atoms with Crippen LogP contribution in [0.2, 0.25) is 20.1 Å². The van der Waals surface area contributed by atoms with Crippen molar-refractivity contribution in [1.82, 2.24) is 20.0 Å². The van der Waals surface area contributed by atoms with Gasteiger partial charge in [-0.1, -0.05) is 151 Å². The molecular weight excluding hydrogens is 1070 g/mol. The number of carbonyl (C=O) groups excluding carboxylic acids is 2. The number of nitrogens with zero attached hydrogens (tertiary/aromatic N) is 5. The number of carbonyl (C=O) groups is 2. The number of ether oxygens (including phenoxy) is 2. The lowest BCUT2D eigenvalue weighted by atomic mass is 10.1. The van der Waals surface area contributed by atoms with Crippen LogP contribution >= 0.6 is 62.3 Å². The van der Waals surface area contributed by atoms with Crippen LogP contribution in [0.5, 0.6) is 0 Å². The van der Waals surface area contributed by atoms with Crippen LogP contribution in [-0.4, -0.2) is 117 Å². The van der Waals surface area contributed by atoms with E-state index >= 15 is 0 Å². The van der Waals surface area contributed by atoms with Crippen LogP contribution in [0.15, 0.2) is 94.9 Å². The first-order valence-corrected chi connectivity index (χ1v) is 28.8. The van der Waals surface area contributed by atoms with Gasteiger partial charge in [0.15, 0.2) is 0 Å². The Morgan fingerprint density at radius 1 is 0.534 bits per heavy atom. The van der Waals surface area contributed by atoms with Gasteiger partial charge < -0.3 is 24.6 Å². The van der Waals surface area contributed by atoms with Crippen LogP contribution in [0.3, 0.4) is 0 Å². The Labute approximate surface area is 467 Å². The number of alkyl halides is 1. The number of nitrogens with one attached hydrogen (secondary N) is 1. The number of hydrogen-bond donors (Lipinski definition) is 1. The average Bonchev–Trinajstić information content (AvgIpc) is 3.37. The van der Waals surface area contributed by atoms with Crippen molar-refractivity contribution in [2.75, 3.05) is 77.4 Å². The maximum absolute atomic E-state index is 12.2. The Bertz CT molecular complexity index is 2140. The smallest absolute Gasteiger partial charge is 0.320 e. The first kappa shape index (κ1) is 65.8. The predicted octanol–water partition coefficient (Wildman–Crippen LogP) is 14.4. The molecule has 10 nitrogen and oxygen atoms in total. The lowest BCUT2D eigenvalue weighted by Crippen LogP contribution is -2.32. The number of halogens is 5. The van der Waals surface area contributed by atoms with Crippen molar-refractivity contribution in [2.24, 2.45) is 9.98 Å². The molecule has 0 aromatic heterocycles. The highest BCUT2D eigenvalue weighted by atomic mass is 79.9. The molecule has 0 spiro atoms. The Balaban J connectivity index is 0.000000447. The van der Waals surface area contributed by atoms with E-state index in [1.54, 1.807) is 37.6 Å². The molecule has 15 heteroatoms.